The number of hydrogen-bond donors (Lipinski definition) is 1. The maximum atomic E-state index is 11.4. The Morgan fingerprint density at radius 2 is 2.23 bits per heavy atom. The number of hydrogen-bond acceptors (Lipinski definition) is 3. The first-order valence-electron chi connectivity index (χ1n) is 4.77. The molecule has 0 aromatic rings. The van der Waals surface area contributed by atoms with E-state index >= 15 is 0 Å². The van der Waals surface area contributed by atoms with Gasteiger partial charge in [0.15, 0.2) is 0 Å². The molecule has 3 heteroatoms. The van der Waals surface area contributed by atoms with Gasteiger partial charge in [-0.2, -0.15) is 0 Å². The first-order valence-corrected chi connectivity index (χ1v) is 4.77. The van der Waals surface area contributed by atoms with Crippen LogP contribution in [0.1, 0.15) is 13.3 Å². The summed E-state index contributed by atoms with van der Waals surface area (Å²) in [7, 11) is 0. The van der Waals surface area contributed by atoms with Gasteiger partial charge in [0.25, 0.3) is 0 Å². The number of esters is 1. The molecule has 0 heterocycles. The van der Waals surface area contributed by atoms with Crippen LogP contribution in [0.3, 0.4) is 0 Å². The van der Waals surface area contributed by atoms with Gasteiger partial charge in [-0.1, -0.05) is 12.2 Å². The van der Waals surface area contributed by atoms with Crippen molar-refractivity contribution in [2.45, 2.75) is 19.4 Å². The summed E-state index contributed by atoms with van der Waals surface area (Å²) in [6.45, 7) is 2.18. The minimum atomic E-state index is -0.519. The molecule has 0 aliphatic heterocycles. The molecule has 72 valence electrons. The summed E-state index contributed by atoms with van der Waals surface area (Å²) >= 11 is 0. The lowest BCUT2D eigenvalue weighted by molar-refractivity contribution is -0.152. The van der Waals surface area contributed by atoms with Crippen molar-refractivity contribution < 1.29 is 14.6 Å². The number of rotatable bonds is 2. The van der Waals surface area contributed by atoms with Crippen molar-refractivity contribution >= 4 is 5.97 Å². The van der Waals surface area contributed by atoms with Gasteiger partial charge in [-0.3, -0.25) is 4.79 Å². The Morgan fingerprint density at radius 1 is 1.54 bits per heavy atom. The van der Waals surface area contributed by atoms with Crippen LogP contribution in [0.4, 0.5) is 0 Å². The average molecular weight is 182 g/mol. The van der Waals surface area contributed by atoms with E-state index in [0.717, 1.165) is 6.42 Å². The van der Waals surface area contributed by atoms with Crippen molar-refractivity contribution in [3.63, 3.8) is 0 Å². The fourth-order valence-electron chi connectivity index (χ4n) is 2.35. The van der Waals surface area contributed by atoms with Crippen LogP contribution in [-0.4, -0.2) is 23.8 Å². The zero-order chi connectivity index (χ0) is 9.42. The first-order chi connectivity index (χ1) is 6.24. The molecule has 0 aromatic heterocycles. The Kier molecular flexibility index (Phi) is 2.12. The number of fused-ring (bicyclic) bond motifs is 2. The van der Waals surface area contributed by atoms with E-state index in [1.807, 2.05) is 12.2 Å². The van der Waals surface area contributed by atoms with E-state index in [0.29, 0.717) is 6.61 Å². The molecule has 13 heavy (non-hydrogen) atoms. The molecule has 1 fully saturated rings. The van der Waals surface area contributed by atoms with Crippen molar-refractivity contribution in [3.8, 4) is 0 Å². The Balaban J connectivity index is 2.08. The number of ether oxygens (including phenoxy) is 1. The lowest BCUT2D eigenvalue weighted by Crippen LogP contribution is -2.33. The average Bonchev–Trinajstić information content (AvgIpc) is 2.63. The van der Waals surface area contributed by atoms with E-state index in [1.54, 1.807) is 6.92 Å². The monoisotopic (exact) mass is 182 g/mol. The number of aliphatic hydroxyl groups is 1. The summed E-state index contributed by atoms with van der Waals surface area (Å²) in [5, 5.41) is 9.72. The van der Waals surface area contributed by atoms with Crippen LogP contribution < -0.4 is 0 Å². The van der Waals surface area contributed by atoms with Gasteiger partial charge in [-0.15, -0.1) is 0 Å². The highest BCUT2D eigenvalue weighted by Gasteiger charge is 2.48. The van der Waals surface area contributed by atoms with Crippen LogP contribution in [0.15, 0.2) is 12.2 Å². The third-order valence-corrected chi connectivity index (χ3v) is 2.98. The summed E-state index contributed by atoms with van der Waals surface area (Å²) in [6, 6.07) is 0. The molecule has 2 aliphatic carbocycles. The second-order valence-corrected chi connectivity index (χ2v) is 3.72. The fraction of sp³-hybridized carbons (Fsp3) is 0.700. The SMILES string of the molecule is CCOC(=O)C1C2C=CC(C2)C1O. The van der Waals surface area contributed by atoms with Gasteiger partial charge in [-0.05, 0) is 19.3 Å². The van der Waals surface area contributed by atoms with E-state index in [4.69, 9.17) is 4.74 Å². The summed E-state index contributed by atoms with van der Waals surface area (Å²) in [5.41, 5.74) is 0. The van der Waals surface area contributed by atoms with E-state index in [1.165, 1.54) is 0 Å². The van der Waals surface area contributed by atoms with E-state index in [2.05, 4.69) is 0 Å². The molecule has 1 saturated carbocycles. The van der Waals surface area contributed by atoms with Gasteiger partial charge < -0.3 is 9.84 Å². The molecular weight excluding hydrogens is 168 g/mol. The summed E-state index contributed by atoms with van der Waals surface area (Å²) in [6.07, 6.45) is 4.42. The fourth-order valence-corrected chi connectivity index (χ4v) is 2.35. The molecule has 2 bridgehead atoms. The Labute approximate surface area is 77.4 Å². The van der Waals surface area contributed by atoms with Crippen molar-refractivity contribution in [2.75, 3.05) is 6.61 Å². The molecule has 0 spiro atoms. The summed E-state index contributed by atoms with van der Waals surface area (Å²) < 4.78 is 4.92. The normalized spacial score (nSPS) is 41.1. The molecule has 4 atom stereocenters. The van der Waals surface area contributed by atoms with Crippen molar-refractivity contribution in [3.05, 3.63) is 12.2 Å². The van der Waals surface area contributed by atoms with E-state index < -0.39 is 6.10 Å². The highest BCUT2D eigenvalue weighted by molar-refractivity contribution is 5.75. The smallest absolute Gasteiger partial charge is 0.312 e. The Bertz CT molecular complexity index is 247. The maximum absolute atomic E-state index is 11.4. The predicted octanol–water partition coefficient (Wildman–Crippen LogP) is 0.732. The molecular formula is C10H14O3. The molecule has 0 aromatic carbocycles. The largest absolute Gasteiger partial charge is 0.466 e. The lowest BCUT2D eigenvalue weighted by atomic mass is 9.91. The molecule has 1 N–H and O–H groups in total. The van der Waals surface area contributed by atoms with Gasteiger partial charge >= 0.3 is 5.97 Å². The van der Waals surface area contributed by atoms with Gasteiger partial charge in [0, 0.05) is 5.92 Å². The number of carbonyl (C=O) groups excluding carboxylic acids is 1. The maximum Gasteiger partial charge on any atom is 0.312 e. The first kappa shape index (κ1) is 8.75. The van der Waals surface area contributed by atoms with Gasteiger partial charge in [0.1, 0.15) is 0 Å². The minimum Gasteiger partial charge on any atom is -0.466 e. The second kappa shape index (κ2) is 3.14. The van der Waals surface area contributed by atoms with Crippen molar-refractivity contribution in [1.29, 1.82) is 0 Å². The summed E-state index contributed by atoms with van der Waals surface area (Å²) in [5.74, 6) is -0.166. The third-order valence-electron chi connectivity index (χ3n) is 2.98. The molecule has 0 radical (unpaired) electrons. The van der Waals surface area contributed by atoms with Crippen LogP contribution in [0.5, 0.6) is 0 Å². The summed E-state index contributed by atoms with van der Waals surface area (Å²) in [4.78, 5) is 11.4. The molecule has 2 rings (SSSR count). The molecule has 4 unspecified atom stereocenters. The van der Waals surface area contributed by atoms with E-state index in [9.17, 15) is 9.90 Å². The number of carbonyl (C=O) groups is 1. The third kappa shape index (κ3) is 1.27. The highest BCUT2D eigenvalue weighted by atomic mass is 16.5. The standard InChI is InChI=1S/C10H14O3/c1-2-13-10(12)8-6-3-4-7(5-6)9(8)11/h3-4,6-9,11H,2,5H2,1H3. The molecule has 0 amide bonds. The van der Waals surface area contributed by atoms with Gasteiger partial charge in [0.05, 0.1) is 18.6 Å². The number of allylic oxidation sites excluding steroid dienone is 1. The quantitative estimate of drug-likeness (QED) is 0.506. The van der Waals surface area contributed by atoms with Crippen LogP contribution in [0.2, 0.25) is 0 Å². The van der Waals surface area contributed by atoms with Crippen LogP contribution in [0, 0.1) is 17.8 Å². The van der Waals surface area contributed by atoms with Crippen LogP contribution in [0.25, 0.3) is 0 Å². The minimum absolute atomic E-state index is 0.180. The highest BCUT2D eigenvalue weighted by Crippen LogP contribution is 2.44. The van der Waals surface area contributed by atoms with Gasteiger partial charge in [0.2, 0.25) is 0 Å². The van der Waals surface area contributed by atoms with Gasteiger partial charge in [-0.25, -0.2) is 0 Å². The van der Waals surface area contributed by atoms with Crippen LogP contribution >= 0.6 is 0 Å². The zero-order valence-electron chi connectivity index (χ0n) is 7.64. The topological polar surface area (TPSA) is 46.5 Å². The predicted molar refractivity (Wildman–Crippen MR) is 46.9 cm³/mol. The Hall–Kier alpha value is -0.830. The Morgan fingerprint density at radius 3 is 2.77 bits per heavy atom. The number of aliphatic hydroxyl groups excluding tert-OH is 1. The second-order valence-electron chi connectivity index (χ2n) is 3.72. The molecule has 3 nitrogen and oxygen atoms in total. The lowest BCUT2D eigenvalue weighted by Gasteiger charge is -2.21. The van der Waals surface area contributed by atoms with E-state index in [-0.39, 0.29) is 23.7 Å². The van der Waals surface area contributed by atoms with Crippen molar-refractivity contribution in [2.24, 2.45) is 17.8 Å². The molecule has 2 aliphatic rings. The van der Waals surface area contributed by atoms with Crippen LogP contribution in [-0.2, 0) is 9.53 Å². The van der Waals surface area contributed by atoms with Crippen molar-refractivity contribution in [1.82, 2.24) is 0 Å². The zero-order valence-corrected chi connectivity index (χ0v) is 7.64. The molecule has 0 saturated heterocycles.